The fourth-order valence-corrected chi connectivity index (χ4v) is 4.94. The van der Waals surface area contributed by atoms with Crippen LogP contribution in [0, 0.1) is 17.6 Å². The van der Waals surface area contributed by atoms with Crippen LogP contribution in [-0.4, -0.2) is 80.1 Å². The Kier molecular flexibility index (Phi) is 9.28. The molecule has 8 nitrogen and oxygen atoms in total. The lowest BCUT2D eigenvalue weighted by atomic mass is 9.88. The van der Waals surface area contributed by atoms with Crippen molar-refractivity contribution >= 4 is 17.7 Å². The minimum atomic E-state index is -1.03. The van der Waals surface area contributed by atoms with Crippen molar-refractivity contribution < 1.29 is 32.6 Å². The van der Waals surface area contributed by atoms with Gasteiger partial charge in [-0.3, -0.25) is 14.4 Å². The van der Waals surface area contributed by atoms with Crippen LogP contribution in [0.5, 0.6) is 5.75 Å². The standard InChI is InChI=1S/C28H33F2N3O5/c1-2-37-18-26(35)33-16-22-19-6-3-8-21(14-19)38-13-5-11-32(12-10-31-28(36)23(22)17-33)25(34)15-20-7-4-9-24(29)27(20)30/h3-4,6-9,14,22-23H,2,5,10-13,15-18H2,1H3,(H,31,36)/t22-,23+/m1/s1. The van der Waals surface area contributed by atoms with Crippen LogP contribution in [0.25, 0.3) is 0 Å². The van der Waals surface area contributed by atoms with E-state index < -0.39 is 17.6 Å². The monoisotopic (exact) mass is 529 g/mol. The first-order valence-corrected chi connectivity index (χ1v) is 12.9. The van der Waals surface area contributed by atoms with E-state index in [1.54, 1.807) is 4.90 Å². The van der Waals surface area contributed by atoms with Crippen molar-refractivity contribution in [3.05, 3.63) is 65.2 Å². The van der Waals surface area contributed by atoms with Gasteiger partial charge in [-0.1, -0.05) is 24.3 Å². The molecule has 2 aliphatic heterocycles. The Balaban J connectivity index is 1.50. The summed E-state index contributed by atoms with van der Waals surface area (Å²) in [5, 5.41) is 2.92. The average Bonchev–Trinajstić information content (AvgIpc) is 3.37. The molecule has 204 valence electrons. The van der Waals surface area contributed by atoms with Gasteiger partial charge in [0.15, 0.2) is 11.6 Å². The Morgan fingerprint density at radius 1 is 1.05 bits per heavy atom. The molecule has 3 amide bonds. The minimum absolute atomic E-state index is 0.0166. The van der Waals surface area contributed by atoms with E-state index >= 15 is 0 Å². The molecular weight excluding hydrogens is 496 g/mol. The Hall–Kier alpha value is -3.53. The zero-order chi connectivity index (χ0) is 27.1. The predicted molar refractivity (Wildman–Crippen MR) is 136 cm³/mol. The van der Waals surface area contributed by atoms with Crippen molar-refractivity contribution in [3.8, 4) is 5.75 Å². The number of hydrogen-bond donors (Lipinski definition) is 1. The highest BCUT2D eigenvalue weighted by Crippen LogP contribution is 2.34. The molecule has 0 aliphatic carbocycles. The number of likely N-dealkylation sites (tertiary alicyclic amines) is 1. The molecule has 1 fully saturated rings. The van der Waals surface area contributed by atoms with Crippen LogP contribution in [0.3, 0.4) is 0 Å². The van der Waals surface area contributed by atoms with Gasteiger partial charge in [-0.05, 0) is 37.1 Å². The summed E-state index contributed by atoms with van der Waals surface area (Å²) in [5.74, 6) is -2.85. The maximum Gasteiger partial charge on any atom is 0.248 e. The first kappa shape index (κ1) is 27.5. The number of nitrogens with zero attached hydrogens (tertiary/aromatic N) is 2. The first-order chi connectivity index (χ1) is 18.4. The van der Waals surface area contributed by atoms with Crippen molar-refractivity contribution in [1.29, 1.82) is 0 Å². The second-order valence-electron chi connectivity index (χ2n) is 9.48. The summed E-state index contributed by atoms with van der Waals surface area (Å²) in [4.78, 5) is 42.1. The van der Waals surface area contributed by atoms with E-state index in [9.17, 15) is 23.2 Å². The molecule has 10 heteroatoms. The molecule has 2 heterocycles. The van der Waals surface area contributed by atoms with Crippen molar-refractivity contribution in [2.45, 2.75) is 25.7 Å². The summed E-state index contributed by atoms with van der Waals surface area (Å²) in [6, 6.07) is 11.3. The fraction of sp³-hybridized carbons (Fsp3) is 0.464. The lowest BCUT2D eigenvalue weighted by molar-refractivity contribution is -0.135. The van der Waals surface area contributed by atoms with Crippen molar-refractivity contribution in [2.24, 2.45) is 5.92 Å². The van der Waals surface area contributed by atoms with Crippen LogP contribution < -0.4 is 10.1 Å². The van der Waals surface area contributed by atoms with E-state index in [0.29, 0.717) is 38.5 Å². The largest absolute Gasteiger partial charge is 0.494 e. The second kappa shape index (κ2) is 12.8. The summed E-state index contributed by atoms with van der Waals surface area (Å²) in [6.07, 6.45) is 0.226. The van der Waals surface area contributed by atoms with Gasteiger partial charge in [-0.2, -0.15) is 0 Å². The Morgan fingerprint density at radius 2 is 1.84 bits per heavy atom. The molecule has 2 bridgehead atoms. The van der Waals surface area contributed by atoms with Crippen molar-refractivity contribution in [3.63, 3.8) is 0 Å². The van der Waals surface area contributed by atoms with Gasteiger partial charge in [0.2, 0.25) is 17.7 Å². The average molecular weight is 530 g/mol. The highest BCUT2D eigenvalue weighted by Gasteiger charge is 2.40. The number of carbonyl (C=O) groups is 3. The highest BCUT2D eigenvalue weighted by atomic mass is 19.2. The molecule has 2 aliphatic rings. The molecule has 0 unspecified atom stereocenters. The lowest BCUT2D eigenvalue weighted by Crippen LogP contribution is -2.43. The number of fused-ring (bicyclic) bond motifs is 4. The summed E-state index contributed by atoms with van der Waals surface area (Å²) >= 11 is 0. The van der Waals surface area contributed by atoms with E-state index in [-0.39, 0.29) is 61.9 Å². The molecule has 2 aromatic rings. The topological polar surface area (TPSA) is 88.2 Å². The number of amides is 3. The van der Waals surface area contributed by atoms with Gasteiger partial charge in [0.25, 0.3) is 0 Å². The zero-order valence-corrected chi connectivity index (χ0v) is 21.5. The van der Waals surface area contributed by atoms with Crippen molar-refractivity contribution in [2.75, 3.05) is 52.5 Å². The number of ether oxygens (including phenoxy) is 2. The van der Waals surface area contributed by atoms with Gasteiger partial charge in [-0.15, -0.1) is 0 Å². The predicted octanol–water partition coefficient (Wildman–Crippen LogP) is 2.51. The molecule has 0 aromatic heterocycles. The van der Waals surface area contributed by atoms with Gasteiger partial charge in [-0.25, -0.2) is 8.78 Å². The molecule has 1 saturated heterocycles. The molecular formula is C28H33F2N3O5. The third kappa shape index (κ3) is 6.66. The number of carbonyl (C=O) groups excluding carboxylic acids is 3. The number of benzene rings is 2. The van der Waals surface area contributed by atoms with Crippen LogP contribution in [0.1, 0.15) is 30.4 Å². The summed E-state index contributed by atoms with van der Waals surface area (Å²) in [5.41, 5.74) is 0.900. The van der Waals surface area contributed by atoms with E-state index in [1.807, 2.05) is 31.2 Å². The van der Waals surface area contributed by atoms with E-state index in [4.69, 9.17) is 9.47 Å². The maximum absolute atomic E-state index is 14.2. The van der Waals surface area contributed by atoms with E-state index in [0.717, 1.165) is 11.6 Å². The maximum atomic E-state index is 14.2. The number of rotatable bonds is 5. The molecule has 0 saturated carbocycles. The van der Waals surface area contributed by atoms with Crippen LogP contribution >= 0.6 is 0 Å². The number of hydrogen-bond acceptors (Lipinski definition) is 5. The Morgan fingerprint density at radius 3 is 2.66 bits per heavy atom. The van der Waals surface area contributed by atoms with Crippen LogP contribution in [0.2, 0.25) is 0 Å². The van der Waals surface area contributed by atoms with Crippen LogP contribution in [0.4, 0.5) is 8.78 Å². The molecule has 1 N–H and O–H groups in total. The highest BCUT2D eigenvalue weighted by molar-refractivity contribution is 5.84. The van der Waals surface area contributed by atoms with Crippen LogP contribution in [-0.2, 0) is 25.5 Å². The van der Waals surface area contributed by atoms with Gasteiger partial charge in [0.1, 0.15) is 12.4 Å². The molecule has 2 aromatic carbocycles. The van der Waals surface area contributed by atoms with Crippen molar-refractivity contribution in [1.82, 2.24) is 15.1 Å². The third-order valence-corrected chi connectivity index (χ3v) is 6.97. The minimum Gasteiger partial charge on any atom is -0.494 e. The SMILES string of the molecule is CCOCC(=O)N1C[C@@H]2C(=O)NCCN(C(=O)Cc3cccc(F)c3F)CCCOc3cccc(c3)[C@H]2C1. The first-order valence-electron chi connectivity index (χ1n) is 12.9. The van der Waals surface area contributed by atoms with E-state index in [1.165, 1.54) is 17.0 Å². The zero-order valence-electron chi connectivity index (χ0n) is 21.5. The molecule has 0 spiro atoms. The Bertz CT molecular complexity index is 1160. The normalized spacial score (nSPS) is 20.2. The van der Waals surface area contributed by atoms with Gasteiger partial charge >= 0.3 is 0 Å². The Labute approximate surface area is 220 Å². The van der Waals surface area contributed by atoms with Crippen LogP contribution in [0.15, 0.2) is 42.5 Å². The second-order valence-corrected chi connectivity index (χ2v) is 9.48. The summed E-state index contributed by atoms with van der Waals surface area (Å²) < 4.78 is 39.0. The smallest absolute Gasteiger partial charge is 0.248 e. The van der Waals surface area contributed by atoms with Gasteiger partial charge in [0.05, 0.1) is 18.9 Å². The van der Waals surface area contributed by atoms with Gasteiger partial charge < -0.3 is 24.6 Å². The van der Waals surface area contributed by atoms with E-state index in [2.05, 4.69) is 5.32 Å². The summed E-state index contributed by atoms with van der Waals surface area (Å²) in [7, 11) is 0. The fourth-order valence-electron chi connectivity index (χ4n) is 4.94. The molecule has 0 radical (unpaired) electrons. The lowest BCUT2D eigenvalue weighted by Gasteiger charge is -2.25. The molecule has 38 heavy (non-hydrogen) atoms. The third-order valence-electron chi connectivity index (χ3n) is 6.97. The molecule has 2 atom stereocenters. The van der Waals surface area contributed by atoms with Gasteiger partial charge in [0, 0.05) is 50.8 Å². The number of nitrogens with one attached hydrogen (secondary N) is 1. The number of halogens is 2. The quantitative estimate of drug-likeness (QED) is 0.643. The summed E-state index contributed by atoms with van der Waals surface area (Å²) in [6.45, 7) is 3.92. The molecule has 4 rings (SSSR count).